The smallest absolute Gasteiger partial charge is 0.264 e. The number of carbonyl (C=O) groups excluding carboxylic acids is 1. The van der Waals surface area contributed by atoms with E-state index in [4.69, 9.17) is 11.6 Å². The van der Waals surface area contributed by atoms with Gasteiger partial charge in [0.15, 0.2) is 0 Å². The summed E-state index contributed by atoms with van der Waals surface area (Å²) in [6.45, 7) is 3.37. The van der Waals surface area contributed by atoms with E-state index >= 15 is 0 Å². The van der Waals surface area contributed by atoms with Crippen molar-refractivity contribution in [2.24, 2.45) is 0 Å². The molecule has 0 atom stereocenters. The van der Waals surface area contributed by atoms with E-state index in [9.17, 15) is 13.2 Å². The van der Waals surface area contributed by atoms with Gasteiger partial charge in [-0.1, -0.05) is 42.1 Å². The Morgan fingerprint density at radius 3 is 2.18 bits per heavy atom. The van der Waals surface area contributed by atoms with E-state index in [1.54, 1.807) is 42.5 Å². The lowest BCUT2D eigenvalue weighted by molar-refractivity contribution is 0.0762. The molecule has 5 nitrogen and oxygen atoms in total. The van der Waals surface area contributed by atoms with Crippen LogP contribution < -0.4 is 4.31 Å². The number of carbonyl (C=O) groups is 1. The van der Waals surface area contributed by atoms with Crippen LogP contribution in [0.25, 0.3) is 0 Å². The summed E-state index contributed by atoms with van der Waals surface area (Å²) in [5.41, 5.74) is 1.81. The molecular weight excluding hydrogens is 396 g/mol. The molecule has 0 N–H and O–H groups in total. The summed E-state index contributed by atoms with van der Waals surface area (Å²) >= 11 is 6.38. The van der Waals surface area contributed by atoms with Gasteiger partial charge in [0.1, 0.15) is 0 Å². The lowest BCUT2D eigenvalue weighted by atomic mass is 10.1. The van der Waals surface area contributed by atoms with Crippen molar-refractivity contribution in [2.75, 3.05) is 24.4 Å². The SMILES string of the molecule is Cc1ccc(S(=O)(=O)N(C)c2ccc(C(=O)N3CCCCCC3)c(Cl)c2)cc1. The summed E-state index contributed by atoms with van der Waals surface area (Å²) in [5.74, 6) is -0.0949. The molecule has 0 aliphatic carbocycles. The van der Waals surface area contributed by atoms with Crippen LogP contribution in [0.1, 0.15) is 41.6 Å². The number of benzene rings is 2. The molecule has 1 heterocycles. The maximum absolute atomic E-state index is 12.9. The van der Waals surface area contributed by atoms with Crippen molar-refractivity contribution in [2.45, 2.75) is 37.5 Å². The quantitative estimate of drug-likeness (QED) is 0.732. The fourth-order valence-electron chi connectivity index (χ4n) is 3.32. The molecule has 0 bridgehead atoms. The van der Waals surface area contributed by atoms with Gasteiger partial charge in [-0.3, -0.25) is 9.10 Å². The van der Waals surface area contributed by atoms with Crippen LogP contribution in [0, 0.1) is 6.92 Å². The van der Waals surface area contributed by atoms with Crippen LogP contribution >= 0.6 is 11.6 Å². The molecule has 1 fully saturated rings. The summed E-state index contributed by atoms with van der Waals surface area (Å²) in [5, 5.41) is 0.262. The van der Waals surface area contributed by atoms with Gasteiger partial charge in [-0.05, 0) is 50.1 Å². The van der Waals surface area contributed by atoms with E-state index in [1.807, 2.05) is 11.8 Å². The number of halogens is 1. The van der Waals surface area contributed by atoms with E-state index in [0.29, 0.717) is 11.3 Å². The molecule has 0 radical (unpaired) electrons. The van der Waals surface area contributed by atoms with Gasteiger partial charge >= 0.3 is 0 Å². The zero-order chi connectivity index (χ0) is 20.3. The number of sulfonamides is 1. The molecule has 0 saturated carbocycles. The van der Waals surface area contributed by atoms with E-state index in [-0.39, 0.29) is 15.8 Å². The number of amides is 1. The van der Waals surface area contributed by atoms with Crippen molar-refractivity contribution in [1.82, 2.24) is 4.90 Å². The Balaban J connectivity index is 1.85. The van der Waals surface area contributed by atoms with Gasteiger partial charge in [0.2, 0.25) is 0 Å². The second kappa shape index (κ2) is 8.53. The Labute approximate surface area is 172 Å². The molecule has 2 aromatic carbocycles. The number of aryl methyl sites for hydroxylation is 1. The number of hydrogen-bond donors (Lipinski definition) is 0. The highest BCUT2D eigenvalue weighted by Gasteiger charge is 2.24. The average Bonchev–Trinajstić information content (AvgIpc) is 2.96. The second-order valence-electron chi connectivity index (χ2n) is 7.16. The van der Waals surface area contributed by atoms with E-state index < -0.39 is 10.0 Å². The minimum absolute atomic E-state index is 0.0949. The molecule has 150 valence electrons. The first-order valence-electron chi connectivity index (χ1n) is 9.45. The van der Waals surface area contributed by atoms with Crippen LogP contribution in [0.4, 0.5) is 5.69 Å². The highest BCUT2D eigenvalue weighted by Crippen LogP contribution is 2.28. The van der Waals surface area contributed by atoms with Crippen molar-refractivity contribution in [1.29, 1.82) is 0 Å². The minimum Gasteiger partial charge on any atom is -0.339 e. The first-order chi connectivity index (χ1) is 13.3. The molecule has 7 heteroatoms. The number of rotatable bonds is 4. The summed E-state index contributed by atoms with van der Waals surface area (Å²) in [7, 11) is -2.22. The molecule has 2 aromatic rings. The fourth-order valence-corrected chi connectivity index (χ4v) is 4.77. The topological polar surface area (TPSA) is 57.7 Å². The Kier molecular flexibility index (Phi) is 6.30. The normalized spacial score (nSPS) is 15.2. The van der Waals surface area contributed by atoms with Crippen LogP contribution in [0.5, 0.6) is 0 Å². The summed E-state index contributed by atoms with van der Waals surface area (Å²) in [4.78, 5) is 14.9. The third-order valence-electron chi connectivity index (χ3n) is 5.12. The Morgan fingerprint density at radius 2 is 1.61 bits per heavy atom. The molecule has 1 saturated heterocycles. The molecule has 0 spiro atoms. The summed E-state index contributed by atoms with van der Waals surface area (Å²) in [6, 6.07) is 11.5. The first-order valence-corrected chi connectivity index (χ1v) is 11.3. The molecule has 3 rings (SSSR count). The zero-order valence-electron chi connectivity index (χ0n) is 16.2. The van der Waals surface area contributed by atoms with Gasteiger partial charge in [0.25, 0.3) is 15.9 Å². The molecule has 28 heavy (non-hydrogen) atoms. The third kappa shape index (κ3) is 4.33. The maximum Gasteiger partial charge on any atom is 0.264 e. The van der Waals surface area contributed by atoms with Gasteiger partial charge in [-0.2, -0.15) is 0 Å². The van der Waals surface area contributed by atoms with E-state index in [0.717, 1.165) is 44.3 Å². The second-order valence-corrected chi connectivity index (χ2v) is 9.53. The summed E-state index contributed by atoms with van der Waals surface area (Å²) < 4.78 is 26.9. The van der Waals surface area contributed by atoms with Crippen LogP contribution in [0.3, 0.4) is 0 Å². The number of anilines is 1. The molecule has 1 amide bonds. The van der Waals surface area contributed by atoms with Crippen LogP contribution in [0.2, 0.25) is 5.02 Å². The van der Waals surface area contributed by atoms with E-state index in [1.165, 1.54) is 11.4 Å². The van der Waals surface area contributed by atoms with Crippen molar-refractivity contribution >= 4 is 33.2 Å². The van der Waals surface area contributed by atoms with Gasteiger partial charge in [-0.15, -0.1) is 0 Å². The van der Waals surface area contributed by atoms with Gasteiger partial charge in [0, 0.05) is 20.1 Å². The highest BCUT2D eigenvalue weighted by atomic mass is 35.5. The number of nitrogens with zero attached hydrogens (tertiary/aromatic N) is 2. The van der Waals surface area contributed by atoms with Crippen LogP contribution in [0.15, 0.2) is 47.4 Å². The average molecular weight is 421 g/mol. The molecule has 0 unspecified atom stereocenters. The Hall–Kier alpha value is -2.05. The molecule has 1 aliphatic rings. The van der Waals surface area contributed by atoms with Crippen molar-refractivity contribution in [3.8, 4) is 0 Å². The standard InChI is InChI=1S/C21H25ClN2O3S/c1-16-7-10-18(11-8-16)28(26,27)23(2)17-9-12-19(20(22)15-17)21(25)24-13-5-3-4-6-14-24/h7-12,15H,3-6,13-14H2,1-2H3. The third-order valence-corrected chi connectivity index (χ3v) is 7.23. The lowest BCUT2D eigenvalue weighted by Crippen LogP contribution is -2.32. The van der Waals surface area contributed by atoms with Gasteiger partial charge in [-0.25, -0.2) is 8.42 Å². The van der Waals surface area contributed by atoms with Crippen molar-refractivity contribution in [3.63, 3.8) is 0 Å². The maximum atomic E-state index is 12.9. The van der Waals surface area contributed by atoms with Gasteiger partial charge < -0.3 is 4.90 Å². The monoisotopic (exact) mass is 420 g/mol. The van der Waals surface area contributed by atoms with E-state index in [2.05, 4.69) is 0 Å². The Bertz CT molecular complexity index is 950. The zero-order valence-corrected chi connectivity index (χ0v) is 17.8. The molecular formula is C21H25ClN2O3S. The van der Waals surface area contributed by atoms with Crippen molar-refractivity contribution in [3.05, 3.63) is 58.6 Å². The highest BCUT2D eigenvalue weighted by molar-refractivity contribution is 7.92. The minimum atomic E-state index is -3.70. The lowest BCUT2D eigenvalue weighted by Gasteiger charge is -2.23. The van der Waals surface area contributed by atoms with Crippen LogP contribution in [-0.4, -0.2) is 39.4 Å². The molecule has 1 aliphatic heterocycles. The van der Waals surface area contributed by atoms with Gasteiger partial charge in [0.05, 0.1) is 21.2 Å². The summed E-state index contributed by atoms with van der Waals surface area (Å²) in [6.07, 6.45) is 4.27. The number of likely N-dealkylation sites (tertiary alicyclic amines) is 1. The molecule has 0 aromatic heterocycles. The predicted molar refractivity (Wildman–Crippen MR) is 113 cm³/mol. The van der Waals surface area contributed by atoms with Crippen LogP contribution in [-0.2, 0) is 10.0 Å². The predicted octanol–water partition coefficient (Wildman–Crippen LogP) is 4.49. The number of hydrogen-bond acceptors (Lipinski definition) is 3. The Morgan fingerprint density at radius 1 is 1.00 bits per heavy atom. The first kappa shape index (κ1) is 20.7. The largest absolute Gasteiger partial charge is 0.339 e. The fraction of sp³-hybridized carbons (Fsp3) is 0.381. The van der Waals surface area contributed by atoms with Crippen molar-refractivity contribution < 1.29 is 13.2 Å².